The van der Waals surface area contributed by atoms with Crippen LogP contribution in [0.25, 0.3) is 0 Å². The van der Waals surface area contributed by atoms with Crippen LogP contribution in [0.1, 0.15) is 17.2 Å². The highest BCUT2D eigenvalue weighted by Gasteiger charge is 2.15. The number of rotatable bonds is 4. The lowest BCUT2D eigenvalue weighted by Crippen LogP contribution is -2.29. The van der Waals surface area contributed by atoms with Gasteiger partial charge in [-0.15, -0.1) is 0 Å². The molecule has 1 atom stereocenters. The molecule has 0 radical (unpaired) electrons. The zero-order chi connectivity index (χ0) is 13.0. The van der Waals surface area contributed by atoms with Crippen LogP contribution in [0.15, 0.2) is 53.0 Å². The SMILES string of the molecule is COc1ccc(Br)c(C(NN)c2ccccc2)c1. The maximum Gasteiger partial charge on any atom is 0.119 e. The molecular formula is C14H15BrN2O. The molecule has 0 aromatic heterocycles. The number of nitrogens with two attached hydrogens (primary N) is 1. The number of halogens is 1. The highest BCUT2D eigenvalue weighted by molar-refractivity contribution is 9.10. The second-order valence-corrected chi connectivity index (χ2v) is 4.75. The second kappa shape index (κ2) is 6.00. The fraction of sp³-hybridized carbons (Fsp3) is 0.143. The van der Waals surface area contributed by atoms with Crippen LogP contribution < -0.4 is 16.0 Å². The monoisotopic (exact) mass is 306 g/mol. The molecule has 0 aliphatic carbocycles. The lowest BCUT2D eigenvalue weighted by atomic mass is 9.99. The van der Waals surface area contributed by atoms with Crippen molar-refractivity contribution in [1.29, 1.82) is 0 Å². The minimum atomic E-state index is -0.0734. The summed E-state index contributed by atoms with van der Waals surface area (Å²) >= 11 is 3.55. The predicted octanol–water partition coefficient (Wildman–Crippen LogP) is 3.01. The molecule has 2 aromatic rings. The Morgan fingerprint density at radius 3 is 2.50 bits per heavy atom. The number of ether oxygens (including phenoxy) is 1. The number of methoxy groups -OCH3 is 1. The highest BCUT2D eigenvalue weighted by atomic mass is 79.9. The predicted molar refractivity (Wildman–Crippen MR) is 76.3 cm³/mol. The van der Waals surface area contributed by atoms with Gasteiger partial charge in [0.1, 0.15) is 5.75 Å². The van der Waals surface area contributed by atoms with Crippen LogP contribution in [0.5, 0.6) is 5.75 Å². The highest BCUT2D eigenvalue weighted by Crippen LogP contribution is 2.31. The fourth-order valence-corrected chi connectivity index (χ4v) is 2.36. The minimum absolute atomic E-state index is 0.0734. The molecule has 0 fully saturated rings. The van der Waals surface area contributed by atoms with Crippen molar-refractivity contribution in [2.24, 2.45) is 5.84 Å². The van der Waals surface area contributed by atoms with E-state index in [1.165, 1.54) is 0 Å². The topological polar surface area (TPSA) is 47.3 Å². The summed E-state index contributed by atoms with van der Waals surface area (Å²) in [7, 11) is 1.65. The Balaban J connectivity index is 2.44. The van der Waals surface area contributed by atoms with E-state index in [2.05, 4.69) is 21.4 Å². The van der Waals surface area contributed by atoms with Crippen LogP contribution >= 0.6 is 15.9 Å². The Morgan fingerprint density at radius 2 is 1.89 bits per heavy atom. The molecule has 2 rings (SSSR count). The fourth-order valence-electron chi connectivity index (χ4n) is 1.88. The van der Waals surface area contributed by atoms with E-state index >= 15 is 0 Å². The van der Waals surface area contributed by atoms with Gasteiger partial charge in [0, 0.05) is 4.47 Å². The van der Waals surface area contributed by atoms with E-state index in [4.69, 9.17) is 10.6 Å². The lowest BCUT2D eigenvalue weighted by molar-refractivity contribution is 0.413. The van der Waals surface area contributed by atoms with Crippen molar-refractivity contribution in [2.45, 2.75) is 6.04 Å². The molecule has 18 heavy (non-hydrogen) atoms. The van der Waals surface area contributed by atoms with Crippen molar-refractivity contribution in [3.05, 3.63) is 64.1 Å². The smallest absolute Gasteiger partial charge is 0.119 e. The normalized spacial score (nSPS) is 12.2. The first kappa shape index (κ1) is 13.1. The molecule has 0 saturated heterocycles. The van der Waals surface area contributed by atoms with Gasteiger partial charge in [-0.25, -0.2) is 5.43 Å². The average molecular weight is 307 g/mol. The van der Waals surface area contributed by atoms with Crippen LogP contribution in [0.3, 0.4) is 0 Å². The van der Waals surface area contributed by atoms with Gasteiger partial charge >= 0.3 is 0 Å². The maximum absolute atomic E-state index is 5.69. The Labute approximate surface area is 115 Å². The van der Waals surface area contributed by atoms with Gasteiger partial charge in [-0.05, 0) is 29.3 Å². The molecule has 0 bridgehead atoms. The molecule has 2 aromatic carbocycles. The molecule has 94 valence electrons. The maximum atomic E-state index is 5.69. The van der Waals surface area contributed by atoms with Gasteiger partial charge in [0.15, 0.2) is 0 Å². The van der Waals surface area contributed by atoms with E-state index in [-0.39, 0.29) is 6.04 Å². The first-order chi connectivity index (χ1) is 8.76. The molecule has 0 saturated carbocycles. The standard InChI is InChI=1S/C14H15BrN2O/c1-18-11-7-8-13(15)12(9-11)14(17-16)10-5-3-2-4-6-10/h2-9,14,17H,16H2,1H3. The third kappa shape index (κ3) is 2.72. The molecule has 3 N–H and O–H groups in total. The quantitative estimate of drug-likeness (QED) is 0.674. The van der Waals surface area contributed by atoms with Crippen molar-refractivity contribution in [3.8, 4) is 5.75 Å². The van der Waals surface area contributed by atoms with Crippen molar-refractivity contribution >= 4 is 15.9 Å². The molecule has 0 amide bonds. The summed E-state index contributed by atoms with van der Waals surface area (Å²) in [6.07, 6.45) is 0. The van der Waals surface area contributed by atoms with Gasteiger partial charge in [0.25, 0.3) is 0 Å². The van der Waals surface area contributed by atoms with Crippen LogP contribution in [-0.4, -0.2) is 7.11 Å². The van der Waals surface area contributed by atoms with Crippen LogP contribution in [0.2, 0.25) is 0 Å². The van der Waals surface area contributed by atoms with E-state index in [1.807, 2.05) is 48.5 Å². The van der Waals surface area contributed by atoms with Gasteiger partial charge in [0.05, 0.1) is 13.2 Å². The molecule has 4 heteroatoms. The first-order valence-corrected chi connectivity index (χ1v) is 6.40. The van der Waals surface area contributed by atoms with Crippen molar-refractivity contribution < 1.29 is 4.74 Å². The van der Waals surface area contributed by atoms with Crippen LogP contribution in [0, 0.1) is 0 Å². The third-order valence-electron chi connectivity index (χ3n) is 2.81. The van der Waals surface area contributed by atoms with E-state index in [0.717, 1.165) is 21.3 Å². The molecule has 0 heterocycles. The van der Waals surface area contributed by atoms with Gasteiger partial charge < -0.3 is 4.74 Å². The van der Waals surface area contributed by atoms with E-state index < -0.39 is 0 Å². The largest absolute Gasteiger partial charge is 0.497 e. The summed E-state index contributed by atoms with van der Waals surface area (Å²) in [6, 6.07) is 15.8. The average Bonchev–Trinajstić information content (AvgIpc) is 2.43. The molecule has 1 unspecified atom stereocenters. The number of hydrogen-bond acceptors (Lipinski definition) is 3. The Kier molecular flexibility index (Phi) is 4.36. The summed E-state index contributed by atoms with van der Waals surface area (Å²) in [4.78, 5) is 0. The van der Waals surface area contributed by atoms with Crippen LogP contribution in [-0.2, 0) is 0 Å². The zero-order valence-corrected chi connectivity index (χ0v) is 11.6. The van der Waals surface area contributed by atoms with Crippen LogP contribution in [0.4, 0.5) is 0 Å². The summed E-state index contributed by atoms with van der Waals surface area (Å²) in [5.41, 5.74) is 4.99. The Bertz CT molecular complexity index is 516. The third-order valence-corrected chi connectivity index (χ3v) is 3.54. The van der Waals surface area contributed by atoms with E-state index in [9.17, 15) is 0 Å². The molecule has 0 spiro atoms. The Hall–Kier alpha value is -1.36. The Morgan fingerprint density at radius 1 is 1.17 bits per heavy atom. The number of nitrogens with one attached hydrogen (secondary N) is 1. The summed E-state index contributed by atoms with van der Waals surface area (Å²) in [5, 5.41) is 0. The first-order valence-electron chi connectivity index (χ1n) is 5.60. The van der Waals surface area contributed by atoms with Gasteiger partial charge in [0.2, 0.25) is 0 Å². The van der Waals surface area contributed by atoms with Gasteiger partial charge in [-0.3, -0.25) is 5.84 Å². The van der Waals surface area contributed by atoms with E-state index in [0.29, 0.717) is 0 Å². The number of benzene rings is 2. The van der Waals surface area contributed by atoms with Gasteiger partial charge in [-0.1, -0.05) is 46.3 Å². The second-order valence-electron chi connectivity index (χ2n) is 3.90. The molecule has 0 aliphatic heterocycles. The lowest BCUT2D eigenvalue weighted by Gasteiger charge is -2.19. The van der Waals surface area contributed by atoms with Gasteiger partial charge in [-0.2, -0.15) is 0 Å². The summed E-state index contributed by atoms with van der Waals surface area (Å²) in [6.45, 7) is 0. The summed E-state index contributed by atoms with van der Waals surface area (Å²) < 4.78 is 6.25. The minimum Gasteiger partial charge on any atom is -0.497 e. The number of hydrogen-bond donors (Lipinski definition) is 2. The van der Waals surface area contributed by atoms with Crippen molar-refractivity contribution in [3.63, 3.8) is 0 Å². The van der Waals surface area contributed by atoms with E-state index in [1.54, 1.807) is 7.11 Å². The summed E-state index contributed by atoms with van der Waals surface area (Å²) in [5.74, 6) is 6.50. The van der Waals surface area contributed by atoms with Crippen molar-refractivity contribution in [2.75, 3.05) is 7.11 Å². The zero-order valence-electron chi connectivity index (χ0n) is 10.1. The number of hydrazine groups is 1. The van der Waals surface area contributed by atoms with Crippen molar-refractivity contribution in [1.82, 2.24) is 5.43 Å². The molecule has 3 nitrogen and oxygen atoms in total. The molecule has 0 aliphatic rings. The molecular weight excluding hydrogens is 292 g/mol.